The zero-order valence-electron chi connectivity index (χ0n) is 11.2. The molecule has 1 amide bonds. The lowest BCUT2D eigenvalue weighted by molar-refractivity contribution is -0.124. The fraction of sp³-hybridized carbons (Fsp3) is 0.500. The lowest BCUT2D eigenvalue weighted by Crippen LogP contribution is -2.51. The minimum absolute atomic E-state index is 0.0530. The van der Waals surface area contributed by atoms with Crippen molar-refractivity contribution in [3.05, 3.63) is 34.3 Å². The number of carbonyl (C=O) groups excluding carboxylic acids is 1. The van der Waals surface area contributed by atoms with E-state index in [2.05, 4.69) is 21.2 Å². The van der Waals surface area contributed by atoms with Crippen LogP contribution >= 0.6 is 15.9 Å². The molecule has 0 radical (unpaired) electrons. The van der Waals surface area contributed by atoms with E-state index >= 15 is 0 Å². The highest BCUT2D eigenvalue weighted by Gasteiger charge is 2.25. The van der Waals surface area contributed by atoms with Gasteiger partial charge < -0.3 is 15.5 Å². The van der Waals surface area contributed by atoms with E-state index in [9.17, 15) is 4.79 Å². The molecule has 106 valence electrons. The Morgan fingerprint density at radius 3 is 2.47 bits per heavy atom. The molecular weight excluding hydrogens is 310 g/mol. The summed E-state index contributed by atoms with van der Waals surface area (Å²) in [5, 5.41) is 21.0. The van der Waals surface area contributed by atoms with Gasteiger partial charge in [0.2, 0.25) is 5.91 Å². The van der Waals surface area contributed by atoms with Crippen LogP contribution in [0.3, 0.4) is 0 Å². The first-order valence-corrected chi connectivity index (χ1v) is 6.98. The minimum atomic E-state index is -0.968. The number of benzene rings is 1. The molecule has 0 unspecified atom stereocenters. The van der Waals surface area contributed by atoms with Crippen molar-refractivity contribution in [1.29, 1.82) is 0 Å². The lowest BCUT2D eigenvalue weighted by atomic mass is 9.96. The van der Waals surface area contributed by atoms with Gasteiger partial charge in [0.25, 0.3) is 0 Å². The maximum atomic E-state index is 11.9. The summed E-state index contributed by atoms with van der Waals surface area (Å²) < 4.78 is 0.974. The van der Waals surface area contributed by atoms with Crippen LogP contribution in [0.25, 0.3) is 0 Å². The van der Waals surface area contributed by atoms with E-state index in [1.807, 2.05) is 31.2 Å². The van der Waals surface area contributed by atoms with Crippen molar-refractivity contribution in [2.24, 2.45) is 0 Å². The minimum Gasteiger partial charge on any atom is -0.394 e. The van der Waals surface area contributed by atoms with Gasteiger partial charge in [-0.05, 0) is 24.5 Å². The van der Waals surface area contributed by atoms with Crippen molar-refractivity contribution in [3.63, 3.8) is 0 Å². The van der Waals surface area contributed by atoms with E-state index in [0.29, 0.717) is 6.42 Å². The van der Waals surface area contributed by atoms with Crippen LogP contribution in [0.1, 0.15) is 31.7 Å². The Balaban J connectivity index is 2.65. The first-order chi connectivity index (χ1) is 8.91. The van der Waals surface area contributed by atoms with Crippen molar-refractivity contribution in [2.75, 3.05) is 13.2 Å². The molecule has 1 aromatic rings. The Morgan fingerprint density at radius 2 is 1.95 bits per heavy atom. The second-order valence-electron chi connectivity index (χ2n) is 5.05. The second-order valence-corrected chi connectivity index (χ2v) is 5.91. The van der Waals surface area contributed by atoms with Gasteiger partial charge in [0.15, 0.2) is 0 Å². The maximum Gasteiger partial charge on any atom is 0.221 e. The average Bonchev–Trinajstić information content (AvgIpc) is 2.38. The number of hydrogen-bond donors (Lipinski definition) is 3. The summed E-state index contributed by atoms with van der Waals surface area (Å²) in [5.74, 6) is -0.133. The number of nitrogens with one attached hydrogen (secondary N) is 1. The van der Waals surface area contributed by atoms with Crippen molar-refractivity contribution >= 4 is 21.8 Å². The molecular formula is C14H20BrNO3. The first-order valence-electron chi connectivity index (χ1n) is 6.19. The zero-order valence-corrected chi connectivity index (χ0v) is 12.8. The maximum absolute atomic E-state index is 11.9. The zero-order chi connectivity index (χ0) is 14.5. The molecule has 4 nitrogen and oxygen atoms in total. The SMILES string of the molecule is C[C@@H](CC(=O)NC(C)(CO)CO)c1ccccc1Br. The summed E-state index contributed by atoms with van der Waals surface area (Å²) in [4.78, 5) is 11.9. The predicted octanol–water partition coefficient (Wildman–Crippen LogP) is 1.80. The van der Waals surface area contributed by atoms with E-state index < -0.39 is 5.54 Å². The summed E-state index contributed by atoms with van der Waals surface area (Å²) in [7, 11) is 0. The molecule has 0 heterocycles. The van der Waals surface area contributed by atoms with Crippen molar-refractivity contribution in [1.82, 2.24) is 5.32 Å². The number of carbonyl (C=O) groups is 1. The number of halogens is 1. The van der Waals surface area contributed by atoms with Crippen LogP contribution in [-0.4, -0.2) is 34.9 Å². The highest BCUT2D eigenvalue weighted by molar-refractivity contribution is 9.10. The third-order valence-corrected chi connectivity index (χ3v) is 3.79. The molecule has 0 saturated carbocycles. The van der Waals surface area contributed by atoms with Crippen LogP contribution in [0.4, 0.5) is 0 Å². The Hall–Kier alpha value is -0.910. The first kappa shape index (κ1) is 16.1. The molecule has 0 aliphatic carbocycles. The summed E-state index contributed by atoms with van der Waals surface area (Å²) in [6.07, 6.45) is 0.304. The molecule has 1 aromatic carbocycles. The molecule has 1 atom stereocenters. The molecule has 19 heavy (non-hydrogen) atoms. The topological polar surface area (TPSA) is 69.6 Å². The summed E-state index contributed by atoms with van der Waals surface area (Å²) in [6.45, 7) is 2.99. The highest BCUT2D eigenvalue weighted by atomic mass is 79.9. The van der Waals surface area contributed by atoms with E-state index in [1.165, 1.54) is 0 Å². The molecule has 0 aliphatic rings. The molecule has 0 bridgehead atoms. The van der Waals surface area contributed by atoms with Gasteiger partial charge in [-0.2, -0.15) is 0 Å². The van der Waals surface area contributed by atoms with Crippen molar-refractivity contribution in [3.8, 4) is 0 Å². The fourth-order valence-corrected chi connectivity index (χ4v) is 2.46. The molecule has 0 fully saturated rings. The molecule has 0 aromatic heterocycles. The van der Waals surface area contributed by atoms with Gasteiger partial charge in [-0.25, -0.2) is 0 Å². The average molecular weight is 330 g/mol. The smallest absolute Gasteiger partial charge is 0.221 e. The largest absolute Gasteiger partial charge is 0.394 e. The van der Waals surface area contributed by atoms with E-state index in [1.54, 1.807) is 6.92 Å². The molecule has 5 heteroatoms. The molecule has 0 aliphatic heterocycles. The Morgan fingerprint density at radius 1 is 1.37 bits per heavy atom. The number of amides is 1. The molecule has 0 saturated heterocycles. The van der Waals surface area contributed by atoms with Crippen LogP contribution in [0.5, 0.6) is 0 Å². The van der Waals surface area contributed by atoms with Crippen LogP contribution in [0.15, 0.2) is 28.7 Å². The van der Waals surface area contributed by atoms with Crippen molar-refractivity contribution in [2.45, 2.75) is 31.7 Å². The molecule has 0 spiro atoms. The van der Waals surface area contributed by atoms with Gasteiger partial charge >= 0.3 is 0 Å². The van der Waals surface area contributed by atoms with E-state index in [-0.39, 0.29) is 25.0 Å². The predicted molar refractivity (Wildman–Crippen MR) is 77.9 cm³/mol. The monoisotopic (exact) mass is 329 g/mol. The van der Waals surface area contributed by atoms with Crippen LogP contribution < -0.4 is 5.32 Å². The van der Waals surface area contributed by atoms with Gasteiger partial charge in [-0.1, -0.05) is 41.1 Å². The number of aliphatic hydroxyl groups is 2. The summed E-state index contributed by atoms with van der Waals surface area (Å²) in [5.41, 5.74) is 0.0948. The quantitative estimate of drug-likeness (QED) is 0.745. The molecule has 1 rings (SSSR count). The third-order valence-electron chi connectivity index (χ3n) is 3.07. The Labute approximate surface area is 122 Å². The van der Waals surface area contributed by atoms with Crippen LogP contribution in [0.2, 0.25) is 0 Å². The summed E-state index contributed by atoms with van der Waals surface area (Å²) in [6, 6.07) is 7.77. The normalized spacial score (nSPS) is 13.1. The number of hydrogen-bond acceptors (Lipinski definition) is 3. The standard InChI is InChI=1S/C14H20BrNO3/c1-10(11-5-3-4-6-12(11)15)7-13(19)16-14(2,8-17)9-18/h3-6,10,17-18H,7-9H2,1-2H3,(H,16,19)/t10-/m0/s1. The van der Waals surface area contributed by atoms with Crippen LogP contribution in [-0.2, 0) is 4.79 Å². The Kier molecular flexibility index (Phi) is 5.97. The highest BCUT2D eigenvalue weighted by Crippen LogP contribution is 2.26. The third kappa shape index (κ3) is 4.60. The Bertz CT molecular complexity index is 432. The van der Waals surface area contributed by atoms with Crippen molar-refractivity contribution < 1.29 is 15.0 Å². The van der Waals surface area contributed by atoms with E-state index in [4.69, 9.17) is 10.2 Å². The molecule has 3 N–H and O–H groups in total. The van der Waals surface area contributed by atoms with Crippen LogP contribution in [0, 0.1) is 0 Å². The lowest BCUT2D eigenvalue weighted by Gasteiger charge is -2.27. The van der Waals surface area contributed by atoms with E-state index in [0.717, 1.165) is 10.0 Å². The second kappa shape index (κ2) is 7.03. The van der Waals surface area contributed by atoms with Gasteiger partial charge in [-0.3, -0.25) is 4.79 Å². The number of aliphatic hydroxyl groups excluding tert-OH is 2. The van der Waals surface area contributed by atoms with Gasteiger partial charge in [0, 0.05) is 10.9 Å². The van der Waals surface area contributed by atoms with Gasteiger partial charge in [-0.15, -0.1) is 0 Å². The van der Waals surface area contributed by atoms with Gasteiger partial charge in [0.05, 0.1) is 18.8 Å². The fourth-order valence-electron chi connectivity index (χ4n) is 1.78. The number of rotatable bonds is 6. The summed E-state index contributed by atoms with van der Waals surface area (Å²) >= 11 is 3.46. The van der Waals surface area contributed by atoms with Gasteiger partial charge in [0.1, 0.15) is 0 Å².